The lowest BCUT2D eigenvalue weighted by molar-refractivity contribution is -0.114. The quantitative estimate of drug-likeness (QED) is 0.710. The Bertz CT molecular complexity index is 878. The molecule has 1 aromatic carbocycles. The van der Waals surface area contributed by atoms with Gasteiger partial charge in [0.2, 0.25) is 5.91 Å². The summed E-state index contributed by atoms with van der Waals surface area (Å²) in [6.07, 6.45) is 3.40. The molecular formula is C20H22N4O4. The first-order valence-electron chi connectivity index (χ1n) is 9.06. The molecule has 0 saturated carbocycles. The molecule has 1 saturated heterocycles. The molecule has 1 atom stereocenters. The highest BCUT2D eigenvalue weighted by atomic mass is 16.5. The van der Waals surface area contributed by atoms with Crippen LogP contribution in [0.3, 0.4) is 0 Å². The lowest BCUT2D eigenvalue weighted by atomic mass is 10.2. The van der Waals surface area contributed by atoms with Crippen LogP contribution >= 0.6 is 0 Å². The molecule has 3 amide bonds. The number of carbonyl (C=O) groups excluding carboxylic acids is 3. The summed E-state index contributed by atoms with van der Waals surface area (Å²) in [4.78, 5) is 40.0. The molecule has 0 spiro atoms. The van der Waals surface area contributed by atoms with Crippen molar-refractivity contribution in [1.29, 1.82) is 0 Å². The summed E-state index contributed by atoms with van der Waals surface area (Å²) in [5, 5.41) is 8.18. The molecule has 1 aromatic heterocycles. The number of pyridine rings is 1. The van der Waals surface area contributed by atoms with E-state index in [1.807, 2.05) is 0 Å². The van der Waals surface area contributed by atoms with E-state index in [4.69, 9.17) is 4.74 Å². The minimum Gasteiger partial charge on any atom is -0.376 e. The maximum absolute atomic E-state index is 12.5. The van der Waals surface area contributed by atoms with Crippen LogP contribution in [-0.2, 0) is 9.53 Å². The molecule has 2 heterocycles. The predicted molar refractivity (Wildman–Crippen MR) is 104 cm³/mol. The van der Waals surface area contributed by atoms with Crippen molar-refractivity contribution >= 4 is 29.1 Å². The fourth-order valence-corrected chi connectivity index (χ4v) is 2.88. The Balaban J connectivity index is 1.63. The fraction of sp³-hybridized carbons (Fsp3) is 0.300. The highest BCUT2D eigenvalue weighted by molar-refractivity contribution is 6.05. The summed E-state index contributed by atoms with van der Waals surface area (Å²) in [6, 6.07) is 9.76. The van der Waals surface area contributed by atoms with E-state index < -0.39 is 5.91 Å². The summed E-state index contributed by atoms with van der Waals surface area (Å²) in [6.45, 7) is 2.58. The Morgan fingerprint density at radius 1 is 1.11 bits per heavy atom. The highest BCUT2D eigenvalue weighted by Gasteiger charge is 2.17. The number of hydrogen-bond donors (Lipinski definition) is 3. The van der Waals surface area contributed by atoms with Gasteiger partial charge in [0.25, 0.3) is 11.8 Å². The standard InChI is InChI=1S/C20H22N4O4/c1-13(25)23-15-4-2-5-16(11-15)24-20(27)18-10-14(7-8-21-18)19(26)22-12-17-6-3-9-28-17/h2,4-5,7-8,10-11,17H,3,6,9,12H2,1H3,(H,22,26)(H,23,25)(H,24,27). The van der Waals surface area contributed by atoms with E-state index in [9.17, 15) is 14.4 Å². The Morgan fingerprint density at radius 3 is 2.61 bits per heavy atom. The minimum absolute atomic E-state index is 0.0458. The van der Waals surface area contributed by atoms with Crippen molar-refractivity contribution in [3.63, 3.8) is 0 Å². The molecule has 3 N–H and O–H groups in total. The predicted octanol–water partition coefficient (Wildman–Crippen LogP) is 2.20. The van der Waals surface area contributed by atoms with Gasteiger partial charge in [-0.05, 0) is 43.2 Å². The lowest BCUT2D eigenvalue weighted by Crippen LogP contribution is -2.32. The normalized spacial score (nSPS) is 15.7. The van der Waals surface area contributed by atoms with Crippen LogP contribution in [0.1, 0.15) is 40.6 Å². The first-order valence-corrected chi connectivity index (χ1v) is 9.06. The molecule has 0 radical (unpaired) electrons. The first kappa shape index (κ1) is 19.5. The van der Waals surface area contributed by atoms with Gasteiger partial charge in [-0.1, -0.05) is 6.07 Å². The number of amides is 3. The van der Waals surface area contributed by atoms with Crippen molar-refractivity contribution in [3.8, 4) is 0 Å². The molecule has 1 aliphatic rings. The van der Waals surface area contributed by atoms with Gasteiger partial charge in [-0.15, -0.1) is 0 Å². The van der Waals surface area contributed by atoms with E-state index in [0.717, 1.165) is 19.4 Å². The van der Waals surface area contributed by atoms with Gasteiger partial charge < -0.3 is 20.7 Å². The van der Waals surface area contributed by atoms with Crippen LogP contribution in [0.5, 0.6) is 0 Å². The molecule has 0 bridgehead atoms. The second-order valence-corrected chi connectivity index (χ2v) is 6.49. The molecule has 28 heavy (non-hydrogen) atoms. The first-order chi connectivity index (χ1) is 13.5. The maximum Gasteiger partial charge on any atom is 0.274 e. The van der Waals surface area contributed by atoms with Crippen LogP contribution in [0.2, 0.25) is 0 Å². The number of ether oxygens (including phenoxy) is 1. The molecule has 8 nitrogen and oxygen atoms in total. The van der Waals surface area contributed by atoms with Gasteiger partial charge in [0.15, 0.2) is 0 Å². The third-order valence-corrected chi connectivity index (χ3v) is 4.21. The SMILES string of the molecule is CC(=O)Nc1cccc(NC(=O)c2cc(C(=O)NCC3CCCO3)ccn2)c1. The number of carbonyl (C=O) groups is 3. The molecule has 0 aliphatic carbocycles. The van der Waals surface area contributed by atoms with E-state index in [-0.39, 0.29) is 23.6 Å². The van der Waals surface area contributed by atoms with Crippen molar-refractivity contribution in [3.05, 3.63) is 53.9 Å². The van der Waals surface area contributed by atoms with E-state index in [0.29, 0.717) is 23.5 Å². The number of anilines is 2. The smallest absolute Gasteiger partial charge is 0.274 e. The number of hydrogen-bond acceptors (Lipinski definition) is 5. The summed E-state index contributed by atoms with van der Waals surface area (Å²) < 4.78 is 5.48. The zero-order valence-corrected chi connectivity index (χ0v) is 15.5. The van der Waals surface area contributed by atoms with Crippen molar-refractivity contribution in [2.75, 3.05) is 23.8 Å². The van der Waals surface area contributed by atoms with Gasteiger partial charge in [0, 0.05) is 43.2 Å². The van der Waals surface area contributed by atoms with E-state index in [1.165, 1.54) is 19.2 Å². The van der Waals surface area contributed by atoms with Crippen LogP contribution < -0.4 is 16.0 Å². The number of nitrogens with zero attached hydrogens (tertiary/aromatic N) is 1. The zero-order chi connectivity index (χ0) is 19.9. The van der Waals surface area contributed by atoms with Gasteiger partial charge >= 0.3 is 0 Å². The second kappa shape index (κ2) is 9.09. The average Bonchev–Trinajstić information content (AvgIpc) is 3.19. The van der Waals surface area contributed by atoms with Gasteiger partial charge in [0.05, 0.1) is 6.10 Å². The number of nitrogens with one attached hydrogen (secondary N) is 3. The van der Waals surface area contributed by atoms with Crippen molar-refractivity contribution in [2.24, 2.45) is 0 Å². The van der Waals surface area contributed by atoms with Crippen LogP contribution in [0.15, 0.2) is 42.6 Å². The molecule has 1 unspecified atom stereocenters. The van der Waals surface area contributed by atoms with E-state index in [1.54, 1.807) is 30.3 Å². The largest absolute Gasteiger partial charge is 0.376 e. The van der Waals surface area contributed by atoms with Crippen molar-refractivity contribution in [1.82, 2.24) is 10.3 Å². The maximum atomic E-state index is 12.5. The Labute approximate surface area is 162 Å². The summed E-state index contributed by atoms with van der Waals surface area (Å²) >= 11 is 0. The molecule has 3 rings (SSSR count). The van der Waals surface area contributed by atoms with Gasteiger partial charge in [-0.3, -0.25) is 19.4 Å². The molecule has 2 aromatic rings. The summed E-state index contributed by atoms with van der Waals surface area (Å²) in [5.74, 6) is -0.930. The second-order valence-electron chi connectivity index (χ2n) is 6.49. The van der Waals surface area contributed by atoms with Gasteiger partial charge in [-0.25, -0.2) is 0 Å². The van der Waals surface area contributed by atoms with Crippen LogP contribution in [0.25, 0.3) is 0 Å². The number of benzene rings is 1. The number of rotatable bonds is 6. The van der Waals surface area contributed by atoms with Gasteiger partial charge in [0.1, 0.15) is 5.69 Å². The zero-order valence-electron chi connectivity index (χ0n) is 15.5. The number of aromatic nitrogens is 1. The van der Waals surface area contributed by atoms with Crippen LogP contribution in [0, 0.1) is 0 Å². The summed E-state index contributed by atoms with van der Waals surface area (Å²) in [5.41, 5.74) is 1.55. The molecular weight excluding hydrogens is 360 g/mol. The fourth-order valence-electron chi connectivity index (χ4n) is 2.88. The Hall–Kier alpha value is -3.26. The van der Waals surface area contributed by atoms with Crippen LogP contribution in [-0.4, -0.2) is 42.0 Å². The highest BCUT2D eigenvalue weighted by Crippen LogP contribution is 2.16. The third kappa shape index (κ3) is 5.37. The molecule has 8 heteroatoms. The minimum atomic E-state index is -0.450. The monoisotopic (exact) mass is 382 g/mol. The Morgan fingerprint density at radius 2 is 1.89 bits per heavy atom. The molecule has 146 valence electrons. The molecule has 1 aliphatic heterocycles. The van der Waals surface area contributed by atoms with E-state index in [2.05, 4.69) is 20.9 Å². The summed E-state index contributed by atoms with van der Waals surface area (Å²) in [7, 11) is 0. The van der Waals surface area contributed by atoms with Crippen molar-refractivity contribution in [2.45, 2.75) is 25.9 Å². The van der Waals surface area contributed by atoms with E-state index >= 15 is 0 Å². The molecule has 1 fully saturated rings. The Kier molecular flexibility index (Phi) is 6.33. The average molecular weight is 382 g/mol. The van der Waals surface area contributed by atoms with Gasteiger partial charge in [-0.2, -0.15) is 0 Å². The van der Waals surface area contributed by atoms with Crippen LogP contribution in [0.4, 0.5) is 11.4 Å². The third-order valence-electron chi connectivity index (χ3n) is 4.21. The lowest BCUT2D eigenvalue weighted by Gasteiger charge is -2.11. The van der Waals surface area contributed by atoms with Crippen molar-refractivity contribution < 1.29 is 19.1 Å². The topological polar surface area (TPSA) is 109 Å².